The van der Waals surface area contributed by atoms with E-state index in [-0.39, 0.29) is 5.54 Å². The van der Waals surface area contributed by atoms with Gasteiger partial charge >= 0.3 is 0 Å². The zero-order valence-electron chi connectivity index (χ0n) is 12.6. The van der Waals surface area contributed by atoms with Crippen LogP contribution < -0.4 is 10.1 Å². The molecular weight excluding hydrogens is 252 g/mol. The molecule has 1 N–H and O–H groups in total. The summed E-state index contributed by atoms with van der Waals surface area (Å²) in [5.41, 5.74) is 1.37. The molecule has 0 fully saturated rings. The number of hydrogen-bond acceptors (Lipinski definition) is 4. The number of aryl methyl sites for hydroxylation is 1. The summed E-state index contributed by atoms with van der Waals surface area (Å²) in [5, 5.41) is 7.46. The lowest BCUT2D eigenvalue weighted by Crippen LogP contribution is -2.34. The minimum Gasteiger partial charge on any atom is -0.486 e. The Morgan fingerprint density at radius 2 is 1.90 bits per heavy atom. The van der Waals surface area contributed by atoms with E-state index in [1.165, 1.54) is 11.9 Å². The summed E-state index contributed by atoms with van der Waals surface area (Å²) >= 11 is 0. The van der Waals surface area contributed by atoms with Gasteiger partial charge < -0.3 is 10.1 Å². The second-order valence-electron chi connectivity index (χ2n) is 5.84. The van der Waals surface area contributed by atoms with Crippen LogP contribution in [0.15, 0.2) is 30.6 Å². The molecule has 2 aromatic rings. The fourth-order valence-corrected chi connectivity index (χ4v) is 1.67. The van der Waals surface area contributed by atoms with Crippen molar-refractivity contribution < 1.29 is 4.74 Å². The Labute approximate surface area is 120 Å². The van der Waals surface area contributed by atoms with Crippen LogP contribution in [0.1, 0.15) is 32.2 Å². The highest BCUT2D eigenvalue weighted by Gasteiger charge is 2.08. The Hall–Kier alpha value is -1.88. The summed E-state index contributed by atoms with van der Waals surface area (Å²) < 4.78 is 7.40. The topological polar surface area (TPSA) is 52.0 Å². The third-order valence-electron chi connectivity index (χ3n) is 2.92. The zero-order valence-corrected chi connectivity index (χ0v) is 12.6. The van der Waals surface area contributed by atoms with Crippen LogP contribution in [0.5, 0.6) is 5.75 Å². The molecule has 5 nitrogen and oxygen atoms in total. The lowest BCUT2D eigenvalue weighted by molar-refractivity contribution is 0.289. The van der Waals surface area contributed by atoms with Crippen LogP contribution >= 0.6 is 0 Å². The zero-order chi connectivity index (χ0) is 14.6. The van der Waals surface area contributed by atoms with E-state index in [4.69, 9.17) is 4.74 Å². The Balaban J connectivity index is 1.87. The second kappa shape index (κ2) is 6.05. The third kappa shape index (κ3) is 4.35. The summed E-state index contributed by atoms with van der Waals surface area (Å²) in [4.78, 5) is 4.12. The Morgan fingerprint density at radius 3 is 2.45 bits per heavy atom. The van der Waals surface area contributed by atoms with Crippen molar-refractivity contribution >= 4 is 0 Å². The van der Waals surface area contributed by atoms with E-state index < -0.39 is 0 Å². The second-order valence-corrected chi connectivity index (χ2v) is 5.84. The van der Waals surface area contributed by atoms with Gasteiger partial charge in [-0.05, 0) is 38.5 Å². The summed E-state index contributed by atoms with van der Waals surface area (Å²) in [6, 6.07) is 8.11. The molecule has 0 amide bonds. The number of hydrogen-bond donors (Lipinski definition) is 1. The van der Waals surface area contributed by atoms with Crippen molar-refractivity contribution in [3.63, 3.8) is 0 Å². The van der Waals surface area contributed by atoms with Gasteiger partial charge in [-0.2, -0.15) is 5.10 Å². The number of rotatable bonds is 5. The Bertz CT molecular complexity index is 540. The SMILES string of the molecule is Cn1ncnc1COc1ccc(CNC(C)(C)C)cc1. The van der Waals surface area contributed by atoms with Crippen molar-refractivity contribution in [2.75, 3.05) is 0 Å². The highest BCUT2D eigenvalue weighted by atomic mass is 16.5. The Morgan fingerprint density at radius 1 is 1.20 bits per heavy atom. The summed E-state index contributed by atoms with van der Waals surface area (Å²) in [7, 11) is 1.85. The molecule has 1 aromatic heterocycles. The van der Waals surface area contributed by atoms with E-state index in [1.54, 1.807) is 4.68 Å². The van der Waals surface area contributed by atoms with Crippen molar-refractivity contribution in [1.82, 2.24) is 20.1 Å². The molecule has 108 valence electrons. The van der Waals surface area contributed by atoms with Crippen LogP contribution in [-0.2, 0) is 20.2 Å². The number of aromatic nitrogens is 3. The molecule has 5 heteroatoms. The van der Waals surface area contributed by atoms with Gasteiger partial charge in [0.05, 0.1) is 0 Å². The molecule has 0 saturated heterocycles. The number of ether oxygens (including phenoxy) is 1. The fourth-order valence-electron chi connectivity index (χ4n) is 1.67. The van der Waals surface area contributed by atoms with Gasteiger partial charge in [0, 0.05) is 19.1 Å². The first kappa shape index (κ1) is 14.5. The molecule has 0 radical (unpaired) electrons. The predicted octanol–water partition coefficient (Wildman–Crippen LogP) is 2.28. The van der Waals surface area contributed by atoms with E-state index in [9.17, 15) is 0 Å². The molecule has 0 bridgehead atoms. The molecule has 1 heterocycles. The monoisotopic (exact) mass is 274 g/mol. The molecule has 0 aliphatic carbocycles. The largest absolute Gasteiger partial charge is 0.486 e. The van der Waals surface area contributed by atoms with Gasteiger partial charge in [0.2, 0.25) is 0 Å². The first-order valence-corrected chi connectivity index (χ1v) is 6.74. The van der Waals surface area contributed by atoms with E-state index in [0.717, 1.165) is 18.1 Å². The quantitative estimate of drug-likeness (QED) is 0.909. The van der Waals surface area contributed by atoms with Gasteiger partial charge in [0.15, 0.2) is 5.82 Å². The molecule has 0 atom stereocenters. The predicted molar refractivity (Wildman–Crippen MR) is 78.4 cm³/mol. The maximum atomic E-state index is 5.69. The average Bonchev–Trinajstić information content (AvgIpc) is 2.80. The summed E-state index contributed by atoms with van der Waals surface area (Å²) in [6.07, 6.45) is 1.53. The van der Waals surface area contributed by atoms with Crippen molar-refractivity contribution in [3.8, 4) is 5.75 Å². The third-order valence-corrected chi connectivity index (χ3v) is 2.92. The molecule has 0 spiro atoms. The molecule has 1 aromatic carbocycles. The van der Waals surface area contributed by atoms with Crippen LogP contribution in [0.4, 0.5) is 0 Å². The number of nitrogens with zero attached hydrogens (tertiary/aromatic N) is 3. The maximum absolute atomic E-state index is 5.69. The summed E-state index contributed by atoms with van der Waals surface area (Å²) in [6.45, 7) is 7.76. The lowest BCUT2D eigenvalue weighted by Gasteiger charge is -2.20. The Kier molecular flexibility index (Phi) is 4.39. The molecule has 20 heavy (non-hydrogen) atoms. The van der Waals surface area contributed by atoms with Crippen molar-refractivity contribution in [2.45, 2.75) is 39.5 Å². The average molecular weight is 274 g/mol. The fraction of sp³-hybridized carbons (Fsp3) is 0.467. The van der Waals surface area contributed by atoms with Gasteiger partial charge in [-0.25, -0.2) is 4.98 Å². The smallest absolute Gasteiger partial charge is 0.164 e. The van der Waals surface area contributed by atoms with Gasteiger partial charge in [0.25, 0.3) is 0 Å². The van der Waals surface area contributed by atoms with Crippen LogP contribution in [0, 0.1) is 0 Å². The lowest BCUT2D eigenvalue weighted by atomic mass is 10.1. The minimum absolute atomic E-state index is 0.125. The highest BCUT2D eigenvalue weighted by Crippen LogP contribution is 2.14. The number of nitrogens with one attached hydrogen (secondary N) is 1. The van der Waals surface area contributed by atoms with Gasteiger partial charge in [-0.15, -0.1) is 0 Å². The number of benzene rings is 1. The van der Waals surface area contributed by atoms with Gasteiger partial charge in [0.1, 0.15) is 18.7 Å². The van der Waals surface area contributed by atoms with Crippen molar-refractivity contribution in [2.24, 2.45) is 7.05 Å². The van der Waals surface area contributed by atoms with Gasteiger partial charge in [-0.1, -0.05) is 12.1 Å². The maximum Gasteiger partial charge on any atom is 0.164 e. The first-order chi connectivity index (χ1) is 9.44. The first-order valence-electron chi connectivity index (χ1n) is 6.74. The molecule has 0 aliphatic rings. The highest BCUT2D eigenvalue weighted by molar-refractivity contribution is 5.27. The molecule has 0 saturated carbocycles. The van der Waals surface area contributed by atoms with Crippen LogP contribution in [0.2, 0.25) is 0 Å². The van der Waals surface area contributed by atoms with Gasteiger partial charge in [-0.3, -0.25) is 4.68 Å². The van der Waals surface area contributed by atoms with Crippen molar-refractivity contribution in [3.05, 3.63) is 42.0 Å². The van der Waals surface area contributed by atoms with E-state index in [2.05, 4.69) is 48.3 Å². The van der Waals surface area contributed by atoms with Crippen LogP contribution in [0.3, 0.4) is 0 Å². The molecular formula is C15H22N4O. The molecule has 2 rings (SSSR count). The standard InChI is InChI=1S/C15H22N4O/c1-15(2,3)17-9-12-5-7-13(8-6-12)20-10-14-16-11-18-19(14)4/h5-8,11,17H,9-10H2,1-4H3. The molecule has 0 unspecified atom stereocenters. The van der Waals surface area contributed by atoms with E-state index in [1.807, 2.05) is 19.2 Å². The van der Waals surface area contributed by atoms with Crippen molar-refractivity contribution in [1.29, 1.82) is 0 Å². The van der Waals surface area contributed by atoms with E-state index >= 15 is 0 Å². The van der Waals surface area contributed by atoms with E-state index in [0.29, 0.717) is 6.61 Å². The molecule has 0 aliphatic heterocycles. The van der Waals surface area contributed by atoms with Crippen LogP contribution in [-0.4, -0.2) is 20.3 Å². The minimum atomic E-state index is 0.125. The normalized spacial score (nSPS) is 11.6. The van der Waals surface area contributed by atoms with Crippen LogP contribution in [0.25, 0.3) is 0 Å². The summed E-state index contributed by atoms with van der Waals surface area (Å²) in [5.74, 6) is 1.65.